The summed E-state index contributed by atoms with van der Waals surface area (Å²) in [6.07, 6.45) is 0.166. The van der Waals surface area contributed by atoms with Crippen LogP contribution < -0.4 is 9.47 Å². The number of hydrogen-bond donors (Lipinski definition) is 2. The van der Waals surface area contributed by atoms with E-state index in [2.05, 4.69) is 0 Å². The number of methoxy groups -OCH3 is 1. The lowest BCUT2D eigenvalue weighted by atomic mass is 10.0. The van der Waals surface area contributed by atoms with E-state index in [1.165, 1.54) is 13.2 Å². The molecule has 1 unspecified atom stereocenters. The Labute approximate surface area is 92.2 Å². The van der Waals surface area contributed by atoms with Crippen molar-refractivity contribution in [3.8, 4) is 17.2 Å². The van der Waals surface area contributed by atoms with Crippen LogP contribution in [0, 0.1) is 0 Å². The van der Waals surface area contributed by atoms with Gasteiger partial charge in [0.1, 0.15) is 5.75 Å². The molecule has 0 saturated heterocycles. The largest absolute Gasteiger partial charge is 0.504 e. The van der Waals surface area contributed by atoms with Gasteiger partial charge in [-0.05, 0) is 24.5 Å². The number of hydrogen-bond acceptors (Lipinski definition) is 4. The zero-order valence-electron chi connectivity index (χ0n) is 8.77. The second-order valence-electron chi connectivity index (χ2n) is 3.62. The molecule has 16 heavy (non-hydrogen) atoms. The first-order chi connectivity index (χ1) is 7.61. The lowest BCUT2D eigenvalue weighted by Gasteiger charge is -2.23. The van der Waals surface area contributed by atoms with E-state index in [-0.39, 0.29) is 11.5 Å². The average Bonchev–Trinajstić information content (AvgIpc) is 2.27. The predicted molar refractivity (Wildman–Crippen MR) is 55.0 cm³/mol. The molecule has 1 aromatic carbocycles. The number of aryl methyl sites for hydroxylation is 1. The maximum absolute atomic E-state index is 10.8. The van der Waals surface area contributed by atoms with Crippen LogP contribution in [0.5, 0.6) is 17.2 Å². The van der Waals surface area contributed by atoms with Gasteiger partial charge in [0.2, 0.25) is 0 Å². The quantitative estimate of drug-likeness (QED) is 0.788. The number of carbonyl (C=O) groups is 1. The minimum atomic E-state index is -0.974. The SMILES string of the molecule is COc1cc2c(cc1O)CCC(C(=O)O)O2. The molecule has 0 bridgehead atoms. The molecule has 2 rings (SSSR count). The van der Waals surface area contributed by atoms with Crippen LogP contribution in [-0.4, -0.2) is 29.4 Å². The number of aromatic hydroxyl groups is 1. The second-order valence-corrected chi connectivity index (χ2v) is 3.62. The van der Waals surface area contributed by atoms with Crippen LogP contribution in [0.15, 0.2) is 12.1 Å². The van der Waals surface area contributed by atoms with E-state index in [0.717, 1.165) is 5.56 Å². The maximum atomic E-state index is 10.8. The molecule has 0 saturated carbocycles. The van der Waals surface area contributed by atoms with Crippen LogP contribution in [-0.2, 0) is 11.2 Å². The van der Waals surface area contributed by atoms with Crippen LogP contribution in [0.1, 0.15) is 12.0 Å². The molecule has 0 aliphatic carbocycles. The third-order valence-corrected chi connectivity index (χ3v) is 2.58. The summed E-state index contributed by atoms with van der Waals surface area (Å²) in [5.74, 6) is -0.186. The van der Waals surface area contributed by atoms with Gasteiger partial charge in [-0.3, -0.25) is 0 Å². The van der Waals surface area contributed by atoms with Gasteiger partial charge in [0.05, 0.1) is 7.11 Å². The van der Waals surface area contributed by atoms with Crippen LogP contribution >= 0.6 is 0 Å². The van der Waals surface area contributed by atoms with Gasteiger partial charge in [-0.1, -0.05) is 0 Å². The summed E-state index contributed by atoms with van der Waals surface area (Å²) < 4.78 is 10.2. The molecule has 2 N–H and O–H groups in total. The Morgan fingerprint density at radius 2 is 2.31 bits per heavy atom. The molecule has 0 aromatic heterocycles. The molecule has 0 fully saturated rings. The van der Waals surface area contributed by atoms with Gasteiger partial charge in [0, 0.05) is 6.07 Å². The van der Waals surface area contributed by atoms with E-state index in [0.29, 0.717) is 18.6 Å². The predicted octanol–water partition coefficient (Wildman–Crippen LogP) is 1.18. The molecule has 0 radical (unpaired) electrons. The van der Waals surface area contributed by atoms with Crippen LogP contribution in [0.3, 0.4) is 0 Å². The Kier molecular flexibility index (Phi) is 2.60. The van der Waals surface area contributed by atoms with E-state index in [1.807, 2.05) is 0 Å². The minimum Gasteiger partial charge on any atom is -0.504 e. The topological polar surface area (TPSA) is 76.0 Å². The summed E-state index contributed by atoms with van der Waals surface area (Å²) in [4.78, 5) is 10.8. The third-order valence-electron chi connectivity index (χ3n) is 2.58. The van der Waals surface area contributed by atoms with Crippen molar-refractivity contribution in [3.05, 3.63) is 17.7 Å². The molecule has 1 atom stereocenters. The summed E-state index contributed by atoms with van der Waals surface area (Å²) in [5, 5.41) is 18.4. The van der Waals surface area contributed by atoms with Gasteiger partial charge in [-0.15, -0.1) is 0 Å². The monoisotopic (exact) mass is 224 g/mol. The van der Waals surface area contributed by atoms with Crippen molar-refractivity contribution in [2.45, 2.75) is 18.9 Å². The Morgan fingerprint density at radius 3 is 2.94 bits per heavy atom. The van der Waals surface area contributed by atoms with Crippen molar-refractivity contribution in [1.82, 2.24) is 0 Å². The number of carboxylic acid groups (broad SMARTS) is 1. The van der Waals surface area contributed by atoms with Gasteiger partial charge in [-0.2, -0.15) is 0 Å². The highest BCUT2D eigenvalue weighted by atomic mass is 16.5. The second kappa shape index (κ2) is 3.92. The molecule has 1 aromatic rings. The summed E-state index contributed by atoms with van der Waals surface area (Å²) in [6.45, 7) is 0. The number of ether oxygens (including phenoxy) is 2. The summed E-state index contributed by atoms with van der Waals surface area (Å²) in [5.41, 5.74) is 0.802. The molecule has 1 aliphatic heterocycles. The minimum absolute atomic E-state index is 0.0404. The molecule has 86 valence electrons. The van der Waals surface area contributed by atoms with Gasteiger partial charge >= 0.3 is 5.97 Å². The van der Waals surface area contributed by atoms with Crippen molar-refractivity contribution >= 4 is 5.97 Å². The molecule has 0 amide bonds. The van der Waals surface area contributed by atoms with E-state index in [1.54, 1.807) is 6.07 Å². The number of aliphatic carboxylic acids is 1. The number of rotatable bonds is 2. The van der Waals surface area contributed by atoms with E-state index in [9.17, 15) is 9.90 Å². The lowest BCUT2D eigenvalue weighted by Crippen LogP contribution is -2.30. The zero-order valence-corrected chi connectivity index (χ0v) is 8.77. The molecular weight excluding hydrogens is 212 g/mol. The van der Waals surface area contributed by atoms with Crippen LogP contribution in [0.2, 0.25) is 0 Å². The molecule has 1 aliphatic rings. The Balaban J connectivity index is 2.34. The van der Waals surface area contributed by atoms with Crippen LogP contribution in [0.25, 0.3) is 0 Å². The lowest BCUT2D eigenvalue weighted by molar-refractivity contribution is -0.145. The normalized spacial score (nSPS) is 18.4. The Bertz CT molecular complexity index is 427. The Morgan fingerprint density at radius 1 is 1.56 bits per heavy atom. The van der Waals surface area contributed by atoms with Crippen molar-refractivity contribution in [3.63, 3.8) is 0 Å². The summed E-state index contributed by atoms with van der Waals surface area (Å²) >= 11 is 0. The molecular formula is C11H12O5. The maximum Gasteiger partial charge on any atom is 0.344 e. The first-order valence-electron chi connectivity index (χ1n) is 4.91. The van der Waals surface area contributed by atoms with Gasteiger partial charge in [0.25, 0.3) is 0 Å². The number of fused-ring (bicyclic) bond motifs is 1. The summed E-state index contributed by atoms with van der Waals surface area (Å²) in [7, 11) is 1.43. The highest BCUT2D eigenvalue weighted by Crippen LogP contribution is 2.37. The number of carboxylic acids is 1. The highest BCUT2D eigenvalue weighted by molar-refractivity contribution is 5.73. The number of benzene rings is 1. The molecule has 0 spiro atoms. The standard InChI is InChI=1S/C11H12O5/c1-15-10-5-9-6(4-7(10)12)2-3-8(16-9)11(13)14/h4-5,8,12H,2-3H2,1H3,(H,13,14). The smallest absolute Gasteiger partial charge is 0.344 e. The number of phenols is 1. The zero-order chi connectivity index (χ0) is 11.7. The van der Waals surface area contributed by atoms with E-state index >= 15 is 0 Å². The van der Waals surface area contributed by atoms with Crippen molar-refractivity contribution in [1.29, 1.82) is 0 Å². The number of phenolic OH excluding ortho intramolecular Hbond substituents is 1. The fourth-order valence-electron chi connectivity index (χ4n) is 1.73. The third kappa shape index (κ3) is 1.76. The van der Waals surface area contributed by atoms with Crippen LogP contribution in [0.4, 0.5) is 0 Å². The van der Waals surface area contributed by atoms with Gasteiger partial charge in [-0.25, -0.2) is 4.79 Å². The fraction of sp³-hybridized carbons (Fsp3) is 0.364. The molecule has 5 heteroatoms. The van der Waals surface area contributed by atoms with Crippen molar-refractivity contribution < 1.29 is 24.5 Å². The van der Waals surface area contributed by atoms with Crippen molar-refractivity contribution in [2.24, 2.45) is 0 Å². The highest BCUT2D eigenvalue weighted by Gasteiger charge is 2.26. The van der Waals surface area contributed by atoms with E-state index < -0.39 is 12.1 Å². The van der Waals surface area contributed by atoms with E-state index in [4.69, 9.17) is 14.6 Å². The molecule has 5 nitrogen and oxygen atoms in total. The van der Waals surface area contributed by atoms with Crippen molar-refractivity contribution in [2.75, 3.05) is 7.11 Å². The van der Waals surface area contributed by atoms with Gasteiger partial charge < -0.3 is 19.7 Å². The first kappa shape index (κ1) is 10.6. The average molecular weight is 224 g/mol. The van der Waals surface area contributed by atoms with Gasteiger partial charge in [0.15, 0.2) is 17.6 Å². The Hall–Kier alpha value is -1.91. The molecule has 1 heterocycles. The summed E-state index contributed by atoms with van der Waals surface area (Å²) in [6, 6.07) is 3.06. The first-order valence-corrected chi connectivity index (χ1v) is 4.91. The fourth-order valence-corrected chi connectivity index (χ4v) is 1.73.